The standard InChI is InChI=1S/C14H25NO4/c1-5-14(3,18-4)13(17)15-9-7-8-11(10-15)12(16)19-6-2/h11H,5-10H2,1-4H3. The van der Waals surface area contributed by atoms with Crippen LogP contribution in [0.25, 0.3) is 0 Å². The van der Waals surface area contributed by atoms with Gasteiger partial charge in [-0.1, -0.05) is 6.92 Å². The molecule has 0 aromatic rings. The van der Waals surface area contributed by atoms with Crippen molar-refractivity contribution in [3.63, 3.8) is 0 Å². The molecule has 1 heterocycles. The molecule has 0 saturated carbocycles. The smallest absolute Gasteiger partial charge is 0.310 e. The summed E-state index contributed by atoms with van der Waals surface area (Å²) in [5.74, 6) is -0.433. The molecule has 2 atom stereocenters. The molecule has 5 heteroatoms. The number of methoxy groups -OCH3 is 1. The molecule has 1 aliphatic heterocycles. The van der Waals surface area contributed by atoms with E-state index in [0.717, 1.165) is 12.8 Å². The van der Waals surface area contributed by atoms with Crippen molar-refractivity contribution in [1.29, 1.82) is 0 Å². The van der Waals surface area contributed by atoms with Crippen LogP contribution >= 0.6 is 0 Å². The third-order valence-corrected chi connectivity index (χ3v) is 3.91. The van der Waals surface area contributed by atoms with Gasteiger partial charge in [0.15, 0.2) is 0 Å². The average Bonchev–Trinajstić information content (AvgIpc) is 2.46. The topological polar surface area (TPSA) is 55.8 Å². The van der Waals surface area contributed by atoms with Crippen molar-refractivity contribution in [2.24, 2.45) is 5.92 Å². The van der Waals surface area contributed by atoms with E-state index in [4.69, 9.17) is 9.47 Å². The number of likely N-dealkylation sites (tertiary alicyclic amines) is 1. The fraction of sp³-hybridized carbons (Fsp3) is 0.857. The van der Waals surface area contributed by atoms with Crippen LogP contribution in [0.5, 0.6) is 0 Å². The number of carbonyl (C=O) groups is 2. The number of hydrogen-bond donors (Lipinski definition) is 0. The van der Waals surface area contributed by atoms with E-state index in [0.29, 0.717) is 26.1 Å². The molecule has 19 heavy (non-hydrogen) atoms. The number of rotatable bonds is 5. The molecule has 0 aromatic heterocycles. The van der Waals surface area contributed by atoms with Crippen molar-refractivity contribution in [2.45, 2.75) is 45.6 Å². The van der Waals surface area contributed by atoms with E-state index in [1.165, 1.54) is 0 Å². The molecule has 1 fully saturated rings. The molecule has 0 aromatic carbocycles. The summed E-state index contributed by atoms with van der Waals surface area (Å²) in [6.07, 6.45) is 2.24. The number of amides is 1. The lowest BCUT2D eigenvalue weighted by atomic mass is 9.94. The third-order valence-electron chi connectivity index (χ3n) is 3.91. The van der Waals surface area contributed by atoms with Gasteiger partial charge in [-0.3, -0.25) is 9.59 Å². The second-order valence-corrected chi connectivity index (χ2v) is 5.13. The number of ether oxygens (including phenoxy) is 2. The highest BCUT2D eigenvalue weighted by Gasteiger charge is 2.38. The second-order valence-electron chi connectivity index (χ2n) is 5.13. The predicted octanol–water partition coefficient (Wildman–Crippen LogP) is 1.60. The zero-order valence-corrected chi connectivity index (χ0v) is 12.4. The highest BCUT2D eigenvalue weighted by molar-refractivity contribution is 5.85. The number of esters is 1. The molecule has 0 N–H and O–H groups in total. The lowest BCUT2D eigenvalue weighted by Crippen LogP contribution is -2.52. The van der Waals surface area contributed by atoms with Gasteiger partial charge >= 0.3 is 5.97 Å². The summed E-state index contributed by atoms with van der Waals surface area (Å²) in [7, 11) is 1.55. The Morgan fingerprint density at radius 3 is 2.58 bits per heavy atom. The largest absolute Gasteiger partial charge is 0.466 e. The van der Waals surface area contributed by atoms with Gasteiger partial charge in [-0.2, -0.15) is 0 Å². The summed E-state index contributed by atoms with van der Waals surface area (Å²) in [6, 6.07) is 0. The van der Waals surface area contributed by atoms with Crippen LogP contribution in [0.15, 0.2) is 0 Å². The Kier molecular flexibility index (Phi) is 5.79. The number of carbonyl (C=O) groups excluding carboxylic acids is 2. The Morgan fingerprint density at radius 2 is 2.05 bits per heavy atom. The summed E-state index contributed by atoms with van der Waals surface area (Å²) in [5, 5.41) is 0. The quantitative estimate of drug-likeness (QED) is 0.713. The van der Waals surface area contributed by atoms with Crippen LogP contribution in [0.3, 0.4) is 0 Å². The maximum absolute atomic E-state index is 12.5. The Balaban J connectivity index is 2.69. The van der Waals surface area contributed by atoms with Crippen LogP contribution in [0.2, 0.25) is 0 Å². The molecule has 0 spiro atoms. The molecule has 5 nitrogen and oxygen atoms in total. The van der Waals surface area contributed by atoms with Crippen molar-refractivity contribution in [1.82, 2.24) is 4.90 Å². The molecule has 2 unspecified atom stereocenters. The minimum absolute atomic E-state index is 0.0356. The summed E-state index contributed by atoms with van der Waals surface area (Å²) in [6.45, 7) is 7.03. The van der Waals surface area contributed by atoms with E-state index in [1.54, 1.807) is 25.9 Å². The number of hydrogen-bond acceptors (Lipinski definition) is 4. The maximum atomic E-state index is 12.5. The number of piperidine rings is 1. The summed E-state index contributed by atoms with van der Waals surface area (Å²) < 4.78 is 10.4. The minimum Gasteiger partial charge on any atom is -0.466 e. The Hall–Kier alpha value is -1.10. The van der Waals surface area contributed by atoms with Gasteiger partial charge in [-0.25, -0.2) is 0 Å². The van der Waals surface area contributed by atoms with E-state index in [1.807, 2.05) is 6.92 Å². The van der Waals surface area contributed by atoms with Gasteiger partial charge in [-0.15, -0.1) is 0 Å². The van der Waals surface area contributed by atoms with E-state index in [2.05, 4.69) is 0 Å². The van der Waals surface area contributed by atoms with Crippen LogP contribution < -0.4 is 0 Å². The highest BCUT2D eigenvalue weighted by Crippen LogP contribution is 2.24. The van der Waals surface area contributed by atoms with Crippen molar-refractivity contribution in [3.05, 3.63) is 0 Å². The van der Waals surface area contributed by atoms with Gasteiger partial charge in [-0.05, 0) is 33.1 Å². The van der Waals surface area contributed by atoms with Crippen LogP contribution in [-0.2, 0) is 19.1 Å². The molecule has 1 saturated heterocycles. The summed E-state index contributed by atoms with van der Waals surface area (Å²) in [4.78, 5) is 26.0. The first-order valence-corrected chi connectivity index (χ1v) is 6.99. The normalized spacial score (nSPS) is 22.7. The zero-order chi connectivity index (χ0) is 14.5. The minimum atomic E-state index is -0.795. The Morgan fingerprint density at radius 1 is 1.37 bits per heavy atom. The molecular formula is C14H25NO4. The predicted molar refractivity (Wildman–Crippen MR) is 71.6 cm³/mol. The maximum Gasteiger partial charge on any atom is 0.310 e. The fourth-order valence-corrected chi connectivity index (χ4v) is 2.33. The highest BCUT2D eigenvalue weighted by atomic mass is 16.5. The van der Waals surface area contributed by atoms with Gasteiger partial charge in [0.05, 0.1) is 12.5 Å². The zero-order valence-electron chi connectivity index (χ0n) is 12.4. The summed E-state index contributed by atoms with van der Waals surface area (Å²) in [5.41, 5.74) is -0.795. The third kappa shape index (κ3) is 3.69. The van der Waals surface area contributed by atoms with Crippen LogP contribution in [0.1, 0.15) is 40.0 Å². The number of nitrogens with zero attached hydrogens (tertiary/aromatic N) is 1. The molecule has 1 rings (SSSR count). The van der Waals surface area contributed by atoms with E-state index in [9.17, 15) is 9.59 Å². The molecule has 1 aliphatic rings. The lowest BCUT2D eigenvalue weighted by Gasteiger charge is -2.37. The van der Waals surface area contributed by atoms with E-state index >= 15 is 0 Å². The molecule has 110 valence electrons. The first kappa shape index (κ1) is 16.0. The molecule has 0 bridgehead atoms. The van der Waals surface area contributed by atoms with Gasteiger partial charge in [0.25, 0.3) is 5.91 Å². The molecular weight excluding hydrogens is 246 g/mol. The van der Waals surface area contributed by atoms with Crippen LogP contribution in [0.4, 0.5) is 0 Å². The van der Waals surface area contributed by atoms with Gasteiger partial charge < -0.3 is 14.4 Å². The van der Waals surface area contributed by atoms with Gasteiger partial charge in [0.2, 0.25) is 0 Å². The molecule has 0 aliphatic carbocycles. The summed E-state index contributed by atoms with van der Waals surface area (Å²) >= 11 is 0. The second kappa shape index (κ2) is 6.89. The van der Waals surface area contributed by atoms with Gasteiger partial charge in [0, 0.05) is 20.2 Å². The Bertz CT molecular complexity index is 325. The van der Waals surface area contributed by atoms with Crippen molar-refractivity contribution in [3.8, 4) is 0 Å². The van der Waals surface area contributed by atoms with Gasteiger partial charge in [0.1, 0.15) is 5.60 Å². The van der Waals surface area contributed by atoms with E-state index < -0.39 is 5.60 Å². The van der Waals surface area contributed by atoms with Crippen molar-refractivity contribution < 1.29 is 19.1 Å². The fourth-order valence-electron chi connectivity index (χ4n) is 2.33. The van der Waals surface area contributed by atoms with Crippen molar-refractivity contribution >= 4 is 11.9 Å². The first-order chi connectivity index (χ1) is 8.98. The Labute approximate surface area is 115 Å². The average molecular weight is 271 g/mol. The van der Waals surface area contributed by atoms with Crippen molar-refractivity contribution in [2.75, 3.05) is 26.8 Å². The lowest BCUT2D eigenvalue weighted by molar-refractivity contribution is -0.159. The van der Waals surface area contributed by atoms with Crippen LogP contribution in [0, 0.1) is 5.92 Å². The SMILES string of the molecule is CCOC(=O)C1CCCN(C(=O)C(C)(CC)OC)C1. The molecule has 0 radical (unpaired) electrons. The molecule has 1 amide bonds. The van der Waals surface area contributed by atoms with Crippen LogP contribution in [-0.4, -0.2) is 49.2 Å². The first-order valence-electron chi connectivity index (χ1n) is 6.99. The van der Waals surface area contributed by atoms with E-state index in [-0.39, 0.29) is 17.8 Å². The monoisotopic (exact) mass is 271 g/mol.